The number of allylic oxidation sites excluding steroid dienone is 3. The summed E-state index contributed by atoms with van der Waals surface area (Å²) in [7, 11) is 0. The van der Waals surface area contributed by atoms with Crippen molar-refractivity contribution in [3.8, 4) is 0 Å². The number of aliphatic imine (C=N–C) groups is 1. The number of nitrogens with two attached hydrogens (primary N) is 1. The highest BCUT2D eigenvalue weighted by Gasteiger charge is 2.34. The van der Waals surface area contributed by atoms with Crippen molar-refractivity contribution in [3.63, 3.8) is 0 Å². The maximum Gasteiger partial charge on any atom is 0.338 e. The van der Waals surface area contributed by atoms with Crippen molar-refractivity contribution >= 4 is 11.7 Å². The number of fused-ring (bicyclic) bond motifs is 1. The number of nitrogens with zero attached hydrogens (tertiary/aromatic N) is 1. The van der Waals surface area contributed by atoms with Crippen LogP contribution >= 0.6 is 0 Å². The van der Waals surface area contributed by atoms with Crippen molar-refractivity contribution in [3.05, 3.63) is 93.8 Å². The number of hydrogen-bond acceptors (Lipinski definition) is 2. The van der Waals surface area contributed by atoms with E-state index in [4.69, 9.17) is 10.5 Å². The van der Waals surface area contributed by atoms with Crippen LogP contribution in [0.4, 0.5) is 4.79 Å². The Labute approximate surface area is 184 Å². The Kier molecular flexibility index (Phi) is 5.81. The Balaban J connectivity index is 2.00. The highest BCUT2D eigenvalue weighted by molar-refractivity contribution is 6.18. The predicted molar refractivity (Wildman–Crippen MR) is 125 cm³/mol. The number of carbonyl (C=O) groups excluding carboxylic acids is 1. The van der Waals surface area contributed by atoms with Crippen molar-refractivity contribution in [1.82, 2.24) is 0 Å². The molecular weight excluding hydrogens is 384 g/mol. The van der Waals surface area contributed by atoms with E-state index >= 15 is 0 Å². The van der Waals surface area contributed by atoms with E-state index in [0.29, 0.717) is 24.2 Å². The highest BCUT2D eigenvalue weighted by atomic mass is 16.5. The average Bonchev–Trinajstić information content (AvgIpc) is 2.90. The van der Waals surface area contributed by atoms with Crippen LogP contribution in [0.5, 0.6) is 0 Å². The Hall–Kier alpha value is -3.14. The largest absolute Gasteiger partial charge is 0.489 e. The Morgan fingerprint density at radius 3 is 2.35 bits per heavy atom. The van der Waals surface area contributed by atoms with Gasteiger partial charge < -0.3 is 10.5 Å². The molecule has 1 unspecified atom stereocenters. The first-order valence-electron chi connectivity index (χ1n) is 11.0. The molecule has 2 aromatic rings. The topological polar surface area (TPSA) is 64.7 Å². The molecule has 0 aromatic heterocycles. The minimum atomic E-state index is -0.687. The molecule has 1 aliphatic carbocycles. The van der Waals surface area contributed by atoms with Crippen LogP contribution in [0.15, 0.2) is 70.9 Å². The summed E-state index contributed by atoms with van der Waals surface area (Å²) in [4.78, 5) is 16.3. The van der Waals surface area contributed by atoms with Gasteiger partial charge in [0.15, 0.2) is 0 Å². The minimum Gasteiger partial charge on any atom is -0.489 e. The number of amides is 2. The van der Waals surface area contributed by atoms with E-state index in [1.807, 2.05) is 30.3 Å². The molecule has 0 saturated heterocycles. The number of urea groups is 1. The van der Waals surface area contributed by atoms with Crippen LogP contribution < -0.4 is 5.73 Å². The van der Waals surface area contributed by atoms with Gasteiger partial charge in [0, 0.05) is 17.1 Å². The van der Waals surface area contributed by atoms with Crippen LogP contribution in [-0.2, 0) is 11.3 Å². The standard InChI is InChI=1S/C27H30N2O2/c1-16(2)19-11-7-12-20(17(3)4)24(19)22-13-8-14-23-25(22)26(29-27(28)30)21-10-6-5-9-18(21)15-31-23/h5-12,14,16-17,22H,13,15H2,1-4H3,(H2,28,30)/b29-26+. The van der Waals surface area contributed by atoms with E-state index in [2.05, 4.69) is 57.0 Å². The third-order valence-electron chi connectivity index (χ3n) is 6.15. The monoisotopic (exact) mass is 414 g/mol. The first kappa shape index (κ1) is 21.1. The summed E-state index contributed by atoms with van der Waals surface area (Å²) in [6, 6.07) is 13.9. The maximum atomic E-state index is 12.0. The molecule has 160 valence electrons. The fourth-order valence-corrected chi connectivity index (χ4v) is 4.78. The zero-order valence-corrected chi connectivity index (χ0v) is 18.7. The normalized spacial score (nSPS) is 19.3. The quantitative estimate of drug-likeness (QED) is 0.638. The van der Waals surface area contributed by atoms with Gasteiger partial charge in [0.25, 0.3) is 0 Å². The van der Waals surface area contributed by atoms with Gasteiger partial charge in [0.05, 0.1) is 5.71 Å². The summed E-state index contributed by atoms with van der Waals surface area (Å²) < 4.78 is 6.26. The molecule has 2 aromatic carbocycles. The SMILES string of the molecule is CC(C)c1cccc(C(C)C)c1C1CC=CC2=C1/C(=N/C(N)=O)c1ccccc1CO2. The van der Waals surface area contributed by atoms with E-state index in [0.717, 1.165) is 28.9 Å². The molecule has 1 heterocycles. The second-order valence-electron chi connectivity index (χ2n) is 8.87. The van der Waals surface area contributed by atoms with Gasteiger partial charge in [-0.1, -0.05) is 76.2 Å². The van der Waals surface area contributed by atoms with Gasteiger partial charge in [-0.25, -0.2) is 4.79 Å². The van der Waals surface area contributed by atoms with Gasteiger partial charge in [-0.2, -0.15) is 4.99 Å². The third kappa shape index (κ3) is 3.95. The average molecular weight is 415 g/mol. The number of carbonyl (C=O) groups is 1. The lowest BCUT2D eigenvalue weighted by molar-refractivity contribution is 0.208. The lowest BCUT2D eigenvalue weighted by Gasteiger charge is -2.31. The summed E-state index contributed by atoms with van der Waals surface area (Å²) in [6.45, 7) is 9.36. The molecule has 2 amide bonds. The van der Waals surface area contributed by atoms with Crippen LogP contribution in [0.1, 0.15) is 79.7 Å². The highest BCUT2D eigenvalue weighted by Crippen LogP contribution is 2.44. The zero-order chi connectivity index (χ0) is 22.1. The Bertz CT molecular complexity index is 1080. The number of ether oxygens (including phenoxy) is 1. The minimum absolute atomic E-state index is 0.0419. The summed E-state index contributed by atoms with van der Waals surface area (Å²) in [5, 5.41) is 0. The van der Waals surface area contributed by atoms with Crippen molar-refractivity contribution < 1.29 is 9.53 Å². The Morgan fingerprint density at radius 1 is 1.03 bits per heavy atom. The molecule has 0 radical (unpaired) electrons. The van der Waals surface area contributed by atoms with Crippen LogP contribution in [0.25, 0.3) is 0 Å². The van der Waals surface area contributed by atoms with Crippen molar-refractivity contribution in [2.75, 3.05) is 0 Å². The van der Waals surface area contributed by atoms with Gasteiger partial charge in [-0.05, 0) is 46.6 Å². The molecule has 0 bridgehead atoms. The van der Waals surface area contributed by atoms with E-state index in [1.54, 1.807) is 0 Å². The van der Waals surface area contributed by atoms with Crippen LogP contribution in [-0.4, -0.2) is 11.7 Å². The van der Waals surface area contributed by atoms with Gasteiger partial charge in [0.2, 0.25) is 0 Å². The fourth-order valence-electron chi connectivity index (χ4n) is 4.78. The van der Waals surface area contributed by atoms with Crippen LogP contribution in [0.2, 0.25) is 0 Å². The smallest absolute Gasteiger partial charge is 0.338 e. The molecule has 2 aliphatic rings. The maximum absolute atomic E-state index is 12.0. The van der Waals surface area contributed by atoms with E-state index in [1.165, 1.54) is 16.7 Å². The first-order chi connectivity index (χ1) is 14.9. The molecule has 2 N–H and O–H groups in total. The fraction of sp³-hybridized carbons (Fsp3) is 0.333. The molecular formula is C27H30N2O2. The summed E-state index contributed by atoms with van der Waals surface area (Å²) in [6.07, 6.45) is 5.01. The lowest BCUT2D eigenvalue weighted by atomic mass is 9.74. The number of primary amides is 1. The van der Waals surface area contributed by atoms with E-state index < -0.39 is 6.03 Å². The molecule has 4 heteroatoms. The summed E-state index contributed by atoms with van der Waals surface area (Å²) in [5.41, 5.74) is 13.1. The van der Waals surface area contributed by atoms with Gasteiger partial charge in [-0.15, -0.1) is 0 Å². The lowest BCUT2D eigenvalue weighted by Crippen LogP contribution is -2.22. The molecule has 31 heavy (non-hydrogen) atoms. The van der Waals surface area contributed by atoms with Crippen molar-refractivity contribution in [1.29, 1.82) is 0 Å². The van der Waals surface area contributed by atoms with Crippen LogP contribution in [0.3, 0.4) is 0 Å². The second kappa shape index (κ2) is 8.54. The van der Waals surface area contributed by atoms with Crippen molar-refractivity contribution in [2.24, 2.45) is 10.7 Å². The molecule has 4 rings (SSSR count). The zero-order valence-electron chi connectivity index (χ0n) is 18.7. The van der Waals surface area contributed by atoms with Crippen molar-refractivity contribution in [2.45, 2.75) is 58.5 Å². The number of rotatable bonds is 3. The van der Waals surface area contributed by atoms with E-state index in [-0.39, 0.29) is 5.92 Å². The second-order valence-corrected chi connectivity index (χ2v) is 8.87. The Morgan fingerprint density at radius 2 is 1.71 bits per heavy atom. The molecule has 1 aliphatic heterocycles. The first-order valence-corrected chi connectivity index (χ1v) is 11.0. The summed E-state index contributed by atoms with van der Waals surface area (Å²) >= 11 is 0. The molecule has 0 saturated carbocycles. The number of hydrogen-bond donors (Lipinski definition) is 1. The number of benzene rings is 2. The molecule has 1 atom stereocenters. The molecule has 4 nitrogen and oxygen atoms in total. The third-order valence-corrected chi connectivity index (χ3v) is 6.15. The molecule has 0 fully saturated rings. The summed E-state index contributed by atoms with van der Waals surface area (Å²) in [5.74, 6) is 1.57. The predicted octanol–water partition coefficient (Wildman–Crippen LogP) is 6.33. The van der Waals surface area contributed by atoms with Gasteiger partial charge >= 0.3 is 6.03 Å². The van der Waals surface area contributed by atoms with Gasteiger partial charge in [-0.3, -0.25) is 0 Å². The van der Waals surface area contributed by atoms with E-state index in [9.17, 15) is 4.79 Å². The van der Waals surface area contributed by atoms with Gasteiger partial charge in [0.1, 0.15) is 12.4 Å². The van der Waals surface area contributed by atoms with Crippen LogP contribution in [0, 0.1) is 0 Å². The molecule has 0 spiro atoms.